The van der Waals surface area contributed by atoms with Crippen LogP contribution in [0.5, 0.6) is 0 Å². The summed E-state index contributed by atoms with van der Waals surface area (Å²) in [6.07, 6.45) is 5.74. The zero-order valence-electron chi connectivity index (χ0n) is 13.3. The van der Waals surface area contributed by atoms with Gasteiger partial charge in [0.15, 0.2) is 0 Å². The number of carbonyl (C=O) groups is 2. The van der Waals surface area contributed by atoms with Crippen molar-refractivity contribution in [1.82, 2.24) is 10.2 Å². The lowest BCUT2D eigenvalue weighted by Gasteiger charge is -2.28. The van der Waals surface area contributed by atoms with Crippen LogP contribution in [0.3, 0.4) is 0 Å². The maximum atomic E-state index is 12.6. The van der Waals surface area contributed by atoms with Crippen molar-refractivity contribution in [3.8, 4) is 0 Å². The highest BCUT2D eigenvalue weighted by Gasteiger charge is 2.30. The Morgan fingerprint density at radius 3 is 2.81 bits per heavy atom. The first kappa shape index (κ1) is 16.3. The zero-order valence-corrected chi connectivity index (χ0v) is 13.3. The Bertz CT molecular complexity index is 365. The van der Waals surface area contributed by atoms with Gasteiger partial charge in [0.25, 0.3) is 0 Å². The molecule has 2 unspecified atom stereocenters. The number of hydrogen-bond acceptors (Lipinski definition) is 3. The molecule has 21 heavy (non-hydrogen) atoms. The summed E-state index contributed by atoms with van der Waals surface area (Å²) in [6.45, 7) is 6.22. The minimum absolute atomic E-state index is 0.00887. The highest BCUT2D eigenvalue weighted by atomic mass is 16.5. The predicted octanol–water partition coefficient (Wildman–Crippen LogP) is 1.71. The van der Waals surface area contributed by atoms with Crippen molar-refractivity contribution in [2.45, 2.75) is 64.5 Å². The quantitative estimate of drug-likeness (QED) is 0.840. The van der Waals surface area contributed by atoms with E-state index in [0.717, 1.165) is 25.9 Å². The van der Waals surface area contributed by atoms with Crippen LogP contribution in [0.15, 0.2) is 0 Å². The summed E-state index contributed by atoms with van der Waals surface area (Å²) < 4.78 is 5.73. The minimum atomic E-state index is -0.354. The molecule has 2 aliphatic heterocycles. The molecule has 0 aromatic rings. The summed E-state index contributed by atoms with van der Waals surface area (Å²) in [4.78, 5) is 26.2. The van der Waals surface area contributed by atoms with Crippen molar-refractivity contribution in [1.29, 1.82) is 0 Å². The lowest BCUT2D eigenvalue weighted by molar-refractivity contribution is -0.134. The van der Waals surface area contributed by atoms with E-state index >= 15 is 0 Å². The third-order valence-corrected chi connectivity index (χ3v) is 4.26. The van der Waals surface area contributed by atoms with E-state index in [1.165, 1.54) is 6.42 Å². The van der Waals surface area contributed by atoms with Gasteiger partial charge < -0.3 is 15.0 Å². The first-order valence-electron chi connectivity index (χ1n) is 8.26. The lowest BCUT2D eigenvalue weighted by Crippen LogP contribution is -2.46. The van der Waals surface area contributed by atoms with E-state index in [-0.39, 0.29) is 24.0 Å². The molecule has 2 rings (SSSR count). The molecule has 0 bridgehead atoms. The molecule has 2 aliphatic rings. The van der Waals surface area contributed by atoms with E-state index in [4.69, 9.17) is 4.74 Å². The van der Waals surface area contributed by atoms with E-state index in [0.29, 0.717) is 31.8 Å². The topological polar surface area (TPSA) is 58.6 Å². The van der Waals surface area contributed by atoms with E-state index in [1.54, 1.807) is 0 Å². The summed E-state index contributed by atoms with van der Waals surface area (Å²) in [5.41, 5.74) is 0. The summed E-state index contributed by atoms with van der Waals surface area (Å²) in [5, 5.41) is 2.87. The number of carbonyl (C=O) groups excluding carboxylic acids is 2. The van der Waals surface area contributed by atoms with Crippen molar-refractivity contribution >= 4 is 11.8 Å². The molecule has 0 aromatic heterocycles. The normalized spacial score (nSPS) is 27.7. The van der Waals surface area contributed by atoms with E-state index in [2.05, 4.69) is 19.2 Å². The zero-order chi connectivity index (χ0) is 15.2. The standard InChI is InChI=1S/C16H28N2O3/c1-12(2)11-14-16(20)18(9-7-15(19)17-14)8-6-13-5-3-4-10-21-13/h12-14H,3-11H2,1-2H3,(H,17,19). The first-order valence-corrected chi connectivity index (χ1v) is 8.26. The Labute approximate surface area is 127 Å². The van der Waals surface area contributed by atoms with Gasteiger partial charge in [0.2, 0.25) is 11.8 Å². The highest BCUT2D eigenvalue weighted by Crippen LogP contribution is 2.18. The number of ether oxygens (including phenoxy) is 1. The fourth-order valence-corrected chi connectivity index (χ4v) is 3.08. The van der Waals surface area contributed by atoms with E-state index in [9.17, 15) is 9.59 Å². The van der Waals surface area contributed by atoms with Gasteiger partial charge in [0.1, 0.15) is 6.04 Å². The smallest absolute Gasteiger partial charge is 0.245 e. The largest absolute Gasteiger partial charge is 0.378 e. The number of nitrogens with zero attached hydrogens (tertiary/aromatic N) is 1. The van der Waals surface area contributed by atoms with Crippen LogP contribution in [0, 0.1) is 5.92 Å². The number of amides is 2. The number of nitrogens with one attached hydrogen (secondary N) is 1. The van der Waals surface area contributed by atoms with Crippen LogP contribution in [0.1, 0.15) is 52.4 Å². The molecule has 2 heterocycles. The van der Waals surface area contributed by atoms with Gasteiger partial charge in [-0.3, -0.25) is 9.59 Å². The first-order chi connectivity index (χ1) is 10.1. The molecule has 0 aliphatic carbocycles. The molecule has 1 N–H and O–H groups in total. The van der Waals surface area contributed by atoms with Crippen LogP contribution in [-0.4, -0.2) is 48.6 Å². The average molecular weight is 296 g/mol. The van der Waals surface area contributed by atoms with Gasteiger partial charge in [0, 0.05) is 26.1 Å². The summed E-state index contributed by atoms with van der Waals surface area (Å²) in [6, 6.07) is -0.354. The molecule has 0 saturated carbocycles. The van der Waals surface area contributed by atoms with Gasteiger partial charge in [-0.2, -0.15) is 0 Å². The maximum absolute atomic E-state index is 12.6. The second-order valence-electron chi connectivity index (χ2n) is 6.60. The molecule has 0 spiro atoms. The Kier molecular flexibility index (Phi) is 6.03. The third-order valence-electron chi connectivity index (χ3n) is 4.26. The minimum Gasteiger partial charge on any atom is -0.378 e. The van der Waals surface area contributed by atoms with Crippen molar-refractivity contribution < 1.29 is 14.3 Å². The second kappa shape index (κ2) is 7.78. The van der Waals surface area contributed by atoms with Crippen LogP contribution in [-0.2, 0) is 14.3 Å². The van der Waals surface area contributed by atoms with Gasteiger partial charge in [-0.05, 0) is 38.0 Å². The van der Waals surface area contributed by atoms with Gasteiger partial charge in [-0.15, -0.1) is 0 Å². The number of rotatable bonds is 5. The van der Waals surface area contributed by atoms with Gasteiger partial charge in [0.05, 0.1) is 6.10 Å². The Morgan fingerprint density at radius 2 is 2.14 bits per heavy atom. The molecule has 5 nitrogen and oxygen atoms in total. The van der Waals surface area contributed by atoms with Crippen molar-refractivity contribution in [3.63, 3.8) is 0 Å². The molecule has 0 radical (unpaired) electrons. The molecular formula is C16H28N2O3. The van der Waals surface area contributed by atoms with Crippen molar-refractivity contribution in [2.75, 3.05) is 19.7 Å². The Morgan fingerprint density at radius 1 is 1.33 bits per heavy atom. The third kappa shape index (κ3) is 4.99. The SMILES string of the molecule is CC(C)CC1NC(=O)CCN(CCC2CCCCO2)C1=O. The second-order valence-corrected chi connectivity index (χ2v) is 6.60. The molecule has 2 fully saturated rings. The van der Waals surface area contributed by atoms with Crippen LogP contribution in [0.4, 0.5) is 0 Å². The average Bonchev–Trinajstić information content (AvgIpc) is 2.58. The Hall–Kier alpha value is -1.10. The summed E-state index contributed by atoms with van der Waals surface area (Å²) in [5.74, 6) is 0.455. The molecule has 120 valence electrons. The van der Waals surface area contributed by atoms with Crippen molar-refractivity contribution in [3.05, 3.63) is 0 Å². The highest BCUT2D eigenvalue weighted by molar-refractivity contribution is 5.89. The molecule has 5 heteroatoms. The summed E-state index contributed by atoms with van der Waals surface area (Å²) in [7, 11) is 0. The van der Waals surface area contributed by atoms with Crippen LogP contribution in [0.2, 0.25) is 0 Å². The lowest BCUT2D eigenvalue weighted by atomic mass is 10.0. The molecule has 0 aromatic carbocycles. The van der Waals surface area contributed by atoms with Gasteiger partial charge >= 0.3 is 0 Å². The fraction of sp³-hybridized carbons (Fsp3) is 0.875. The van der Waals surface area contributed by atoms with Crippen LogP contribution >= 0.6 is 0 Å². The van der Waals surface area contributed by atoms with Crippen molar-refractivity contribution in [2.24, 2.45) is 5.92 Å². The molecule has 2 amide bonds. The predicted molar refractivity (Wildman–Crippen MR) is 80.8 cm³/mol. The molecule has 2 atom stereocenters. The van der Waals surface area contributed by atoms with Crippen LogP contribution < -0.4 is 5.32 Å². The van der Waals surface area contributed by atoms with Crippen LogP contribution in [0.25, 0.3) is 0 Å². The fourth-order valence-electron chi connectivity index (χ4n) is 3.08. The number of hydrogen-bond donors (Lipinski definition) is 1. The monoisotopic (exact) mass is 296 g/mol. The summed E-state index contributed by atoms with van der Waals surface area (Å²) >= 11 is 0. The van der Waals surface area contributed by atoms with E-state index < -0.39 is 0 Å². The maximum Gasteiger partial charge on any atom is 0.245 e. The molecule has 2 saturated heterocycles. The van der Waals surface area contributed by atoms with Gasteiger partial charge in [-0.1, -0.05) is 13.8 Å². The van der Waals surface area contributed by atoms with Gasteiger partial charge in [-0.25, -0.2) is 0 Å². The Balaban J connectivity index is 1.90. The molecular weight excluding hydrogens is 268 g/mol. The van der Waals surface area contributed by atoms with E-state index in [1.807, 2.05) is 4.90 Å².